The second-order valence-corrected chi connectivity index (χ2v) is 7.34. The summed E-state index contributed by atoms with van der Waals surface area (Å²) >= 11 is 0. The van der Waals surface area contributed by atoms with Gasteiger partial charge in [0.2, 0.25) is 5.91 Å². The standard InChI is InChI=1S/C11H18N2O6S/c1-11(5-6-20(18,19)7-11)13-10(17)12-8(14)3-2-4-9(15)16/h2-7H2,1H3,(H,15,16)(H2,12,13,14,17). The fraction of sp³-hybridized carbons (Fsp3) is 0.727. The number of amides is 3. The highest BCUT2D eigenvalue weighted by Crippen LogP contribution is 2.22. The molecule has 0 aromatic rings. The van der Waals surface area contributed by atoms with Gasteiger partial charge in [0.25, 0.3) is 0 Å². The summed E-state index contributed by atoms with van der Waals surface area (Å²) in [6, 6.07) is -0.759. The highest BCUT2D eigenvalue weighted by molar-refractivity contribution is 7.91. The molecule has 1 saturated heterocycles. The molecule has 1 rings (SSSR count). The van der Waals surface area contributed by atoms with Crippen LogP contribution in [0.1, 0.15) is 32.6 Å². The van der Waals surface area contributed by atoms with Crippen molar-refractivity contribution in [1.29, 1.82) is 0 Å². The van der Waals surface area contributed by atoms with E-state index in [9.17, 15) is 22.8 Å². The lowest BCUT2D eigenvalue weighted by atomic mass is 10.0. The minimum absolute atomic E-state index is 0.0103. The zero-order valence-electron chi connectivity index (χ0n) is 11.1. The lowest BCUT2D eigenvalue weighted by Crippen LogP contribution is -2.52. The first-order valence-corrected chi connectivity index (χ1v) is 7.98. The Morgan fingerprint density at radius 3 is 2.40 bits per heavy atom. The Kier molecular flexibility index (Phi) is 5.09. The van der Waals surface area contributed by atoms with Crippen molar-refractivity contribution in [2.75, 3.05) is 11.5 Å². The second-order valence-electron chi connectivity index (χ2n) is 5.15. The summed E-state index contributed by atoms with van der Waals surface area (Å²) < 4.78 is 22.7. The average Bonchev–Trinajstić information content (AvgIpc) is 2.51. The van der Waals surface area contributed by atoms with Gasteiger partial charge in [-0.15, -0.1) is 0 Å². The molecule has 1 fully saturated rings. The van der Waals surface area contributed by atoms with Crippen LogP contribution in [0, 0.1) is 0 Å². The Morgan fingerprint density at radius 2 is 1.90 bits per heavy atom. The van der Waals surface area contributed by atoms with Crippen LogP contribution in [-0.4, -0.2) is 48.5 Å². The lowest BCUT2D eigenvalue weighted by molar-refractivity contribution is -0.137. The number of carbonyl (C=O) groups excluding carboxylic acids is 2. The summed E-state index contributed by atoms with van der Waals surface area (Å²) in [6.07, 6.45) is 0.218. The van der Waals surface area contributed by atoms with Gasteiger partial charge in [-0.05, 0) is 19.8 Å². The molecule has 0 saturated carbocycles. The Hall–Kier alpha value is -1.64. The van der Waals surface area contributed by atoms with Gasteiger partial charge in [0.1, 0.15) is 0 Å². The zero-order valence-corrected chi connectivity index (χ0v) is 12.0. The third-order valence-electron chi connectivity index (χ3n) is 2.97. The van der Waals surface area contributed by atoms with Gasteiger partial charge in [0.05, 0.1) is 17.0 Å². The maximum absolute atomic E-state index is 11.6. The van der Waals surface area contributed by atoms with E-state index in [1.165, 1.54) is 0 Å². The number of hydrogen-bond donors (Lipinski definition) is 3. The molecule has 1 atom stereocenters. The molecule has 20 heavy (non-hydrogen) atoms. The summed E-state index contributed by atoms with van der Waals surface area (Å²) in [5, 5.41) is 12.9. The van der Waals surface area contributed by atoms with E-state index in [0.29, 0.717) is 6.42 Å². The van der Waals surface area contributed by atoms with Crippen LogP contribution in [0.3, 0.4) is 0 Å². The Bertz CT molecular complexity index is 515. The molecule has 1 aliphatic rings. The molecule has 0 aromatic carbocycles. The minimum atomic E-state index is -3.14. The van der Waals surface area contributed by atoms with Crippen molar-refractivity contribution in [3.05, 3.63) is 0 Å². The van der Waals surface area contributed by atoms with Gasteiger partial charge in [-0.3, -0.25) is 14.9 Å². The van der Waals surface area contributed by atoms with E-state index < -0.39 is 33.3 Å². The largest absolute Gasteiger partial charge is 0.481 e. The molecule has 1 heterocycles. The molecule has 3 amide bonds. The average molecular weight is 306 g/mol. The summed E-state index contributed by atoms with van der Waals surface area (Å²) in [5.41, 5.74) is -0.871. The van der Waals surface area contributed by atoms with E-state index in [1.54, 1.807) is 6.92 Å². The van der Waals surface area contributed by atoms with Crippen molar-refractivity contribution >= 4 is 27.7 Å². The molecular formula is C11H18N2O6S. The number of rotatable bonds is 5. The van der Waals surface area contributed by atoms with Crippen LogP contribution >= 0.6 is 0 Å². The van der Waals surface area contributed by atoms with Gasteiger partial charge in [0, 0.05) is 12.8 Å². The maximum atomic E-state index is 11.6. The SMILES string of the molecule is CC1(NC(=O)NC(=O)CCCC(=O)O)CCS(=O)(=O)C1. The van der Waals surface area contributed by atoms with Crippen molar-refractivity contribution in [2.24, 2.45) is 0 Å². The molecule has 0 bridgehead atoms. The fourth-order valence-electron chi connectivity index (χ4n) is 2.00. The normalized spacial score (nSPS) is 24.1. The van der Waals surface area contributed by atoms with Gasteiger partial charge in [-0.1, -0.05) is 0 Å². The second kappa shape index (κ2) is 6.21. The molecule has 1 aliphatic heterocycles. The molecule has 0 radical (unpaired) electrons. The highest BCUT2D eigenvalue weighted by atomic mass is 32.2. The molecule has 9 heteroatoms. The van der Waals surface area contributed by atoms with E-state index in [4.69, 9.17) is 5.11 Å². The molecular weight excluding hydrogens is 288 g/mol. The van der Waals surface area contributed by atoms with Gasteiger partial charge >= 0.3 is 12.0 Å². The highest BCUT2D eigenvalue weighted by Gasteiger charge is 2.39. The number of sulfone groups is 1. The van der Waals surface area contributed by atoms with E-state index in [2.05, 4.69) is 10.6 Å². The first-order chi connectivity index (χ1) is 9.12. The van der Waals surface area contributed by atoms with Crippen LogP contribution in [-0.2, 0) is 19.4 Å². The number of carboxylic acids is 1. The Labute approximate surface area is 116 Å². The van der Waals surface area contributed by atoms with Crippen molar-refractivity contribution < 1.29 is 27.9 Å². The summed E-state index contributed by atoms with van der Waals surface area (Å²) in [7, 11) is -3.14. The van der Waals surface area contributed by atoms with E-state index >= 15 is 0 Å². The molecule has 0 aromatic heterocycles. The van der Waals surface area contributed by atoms with Crippen molar-refractivity contribution in [3.8, 4) is 0 Å². The van der Waals surface area contributed by atoms with Crippen LogP contribution in [0.25, 0.3) is 0 Å². The molecule has 114 valence electrons. The third-order valence-corrected chi connectivity index (χ3v) is 4.87. The van der Waals surface area contributed by atoms with E-state index in [1.807, 2.05) is 0 Å². The number of imide groups is 1. The van der Waals surface area contributed by atoms with Gasteiger partial charge < -0.3 is 10.4 Å². The fourth-order valence-corrected chi connectivity index (χ4v) is 4.10. The van der Waals surface area contributed by atoms with Crippen molar-refractivity contribution in [1.82, 2.24) is 10.6 Å². The zero-order chi connectivity index (χ0) is 15.4. The van der Waals surface area contributed by atoms with Crippen LogP contribution < -0.4 is 10.6 Å². The van der Waals surface area contributed by atoms with Crippen molar-refractivity contribution in [3.63, 3.8) is 0 Å². The number of hydrogen-bond acceptors (Lipinski definition) is 5. The van der Waals surface area contributed by atoms with Gasteiger partial charge in [-0.25, -0.2) is 13.2 Å². The van der Waals surface area contributed by atoms with Crippen LogP contribution in [0.2, 0.25) is 0 Å². The molecule has 8 nitrogen and oxygen atoms in total. The van der Waals surface area contributed by atoms with Crippen LogP contribution in [0.4, 0.5) is 4.79 Å². The number of urea groups is 1. The van der Waals surface area contributed by atoms with E-state index in [0.717, 1.165) is 0 Å². The molecule has 3 N–H and O–H groups in total. The predicted octanol–water partition coefficient (Wildman–Crippen LogP) is -0.356. The summed E-state index contributed by atoms with van der Waals surface area (Å²) in [5.74, 6) is -1.74. The summed E-state index contributed by atoms with van der Waals surface area (Å²) in [6.45, 7) is 1.60. The minimum Gasteiger partial charge on any atom is -0.481 e. The molecule has 1 unspecified atom stereocenters. The first-order valence-electron chi connectivity index (χ1n) is 6.16. The predicted molar refractivity (Wildman–Crippen MR) is 69.8 cm³/mol. The van der Waals surface area contributed by atoms with Gasteiger partial charge in [0.15, 0.2) is 9.84 Å². The Morgan fingerprint density at radius 1 is 1.25 bits per heavy atom. The molecule has 0 spiro atoms. The number of carbonyl (C=O) groups is 3. The monoisotopic (exact) mass is 306 g/mol. The smallest absolute Gasteiger partial charge is 0.321 e. The number of carboxylic acid groups (broad SMARTS) is 1. The Balaban J connectivity index is 2.37. The quantitative estimate of drug-likeness (QED) is 0.636. The van der Waals surface area contributed by atoms with Crippen LogP contribution in [0.15, 0.2) is 0 Å². The third kappa shape index (κ3) is 5.55. The number of nitrogens with one attached hydrogen (secondary N) is 2. The van der Waals surface area contributed by atoms with Gasteiger partial charge in [-0.2, -0.15) is 0 Å². The first kappa shape index (κ1) is 16.4. The van der Waals surface area contributed by atoms with Crippen molar-refractivity contribution in [2.45, 2.75) is 38.1 Å². The number of aliphatic carboxylic acids is 1. The topological polar surface area (TPSA) is 130 Å². The van der Waals surface area contributed by atoms with Crippen LogP contribution in [0.5, 0.6) is 0 Å². The van der Waals surface area contributed by atoms with E-state index in [-0.39, 0.29) is 30.8 Å². The lowest BCUT2D eigenvalue weighted by Gasteiger charge is -2.23. The summed E-state index contributed by atoms with van der Waals surface area (Å²) in [4.78, 5) is 33.2. The molecule has 0 aliphatic carbocycles. The maximum Gasteiger partial charge on any atom is 0.321 e.